The molecule has 0 saturated heterocycles. The molecule has 0 amide bonds. The van der Waals surface area contributed by atoms with E-state index >= 15 is 0 Å². The summed E-state index contributed by atoms with van der Waals surface area (Å²) < 4.78 is 0. The van der Waals surface area contributed by atoms with Gasteiger partial charge in [0.25, 0.3) is 0 Å². The van der Waals surface area contributed by atoms with E-state index in [2.05, 4.69) is 0 Å². The molecular weight excluding hydrogens is 208 g/mol. The summed E-state index contributed by atoms with van der Waals surface area (Å²) in [6.07, 6.45) is 3.63. The van der Waals surface area contributed by atoms with Crippen molar-refractivity contribution in [3.8, 4) is 0 Å². The number of benzene rings is 1. The Bertz CT molecular complexity index is 303. The molecule has 1 rings (SSSR count). The summed E-state index contributed by atoms with van der Waals surface area (Å²) in [5.41, 5.74) is 2.01. The van der Waals surface area contributed by atoms with Crippen LogP contribution in [0, 0.1) is 6.92 Å². The van der Waals surface area contributed by atoms with Gasteiger partial charge in [0.15, 0.2) is 5.78 Å². The van der Waals surface area contributed by atoms with Crippen LogP contribution < -0.4 is 0 Å². The molecular formula is C13H17ClO. The van der Waals surface area contributed by atoms with E-state index < -0.39 is 0 Å². The molecule has 1 aromatic carbocycles. The van der Waals surface area contributed by atoms with Gasteiger partial charge in [0.2, 0.25) is 0 Å². The van der Waals surface area contributed by atoms with Gasteiger partial charge in [-0.1, -0.05) is 36.2 Å². The Kier molecular flexibility index (Phi) is 5.41. The van der Waals surface area contributed by atoms with Gasteiger partial charge in [0.1, 0.15) is 0 Å². The van der Waals surface area contributed by atoms with Crippen LogP contribution in [0.1, 0.15) is 41.6 Å². The third-order valence-corrected chi connectivity index (χ3v) is 2.68. The highest BCUT2D eigenvalue weighted by molar-refractivity contribution is 6.17. The summed E-state index contributed by atoms with van der Waals surface area (Å²) in [5, 5.41) is 0. The van der Waals surface area contributed by atoms with Gasteiger partial charge in [-0.25, -0.2) is 0 Å². The fraction of sp³-hybridized carbons (Fsp3) is 0.462. The normalized spacial score (nSPS) is 10.3. The van der Waals surface area contributed by atoms with Gasteiger partial charge in [-0.2, -0.15) is 0 Å². The topological polar surface area (TPSA) is 17.1 Å². The number of rotatable bonds is 6. The minimum atomic E-state index is 0.240. The van der Waals surface area contributed by atoms with Crippen LogP contribution in [-0.4, -0.2) is 11.7 Å². The highest BCUT2D eigenvalue weighted by atomic mass is 35.5. The van der Waals surface area contributed by atoms with E-state index in [0.29, 0.717) is 12.3 Å². The fourth-order valence-electron chi connectivity index (χ4n) is 1.44. The van der Waals surface area contributed by atoms with Gasteiger partial charge >= 0.3 is 0 Å². The summed E-state index contributed by atoms with van der Waals surface area (Å²) in [5.74, 6) is 0.934. The third-order valence-electron chi connectivity index (χ3n) is 2.41. The molecule has 0 unspecified atom stereocenters. The third kappa shape index (κ3) is 4.48. The van der Waals surface area contributed by atoms with Crippen molar-refractivity contribution in [2.45, 2.75) is 32.6 Å². The van der Waals surface area contributed by atoms with E-state index in [1.54, 1.807) is 0 Å². The molecule has 0 saturated carbocycles. The van der Waals surface area contributed by atoms with Crippen LogP contribution in [0.3, 0.4) is 0 Å². The fourth-order valence-corrected chi connectivity index (χ4v) is 1.63. The average molecular weight is 225 g/mol. The molecule has 2 heteroatoms. The molecule has 0 radical (unpaired) electrons. The Morgan fingerprint density at radius 2 is 1.80 bits per heavy atom. The highest BCUT2D eigenvalue weighted by Gasteiger charge is 2.04. The predicted octanol–water partition coefficient (Wildman–Crippen LogP) is 3.98. The zero-order valence-corrected chi connectivity index (χ0v) is 9.89. The van der Waals surface area contributed by atoms with E-state index in [1.165, 1.54) is 5.56 Å². The van der Waals surface area contributed by atoms with Crippen LogP contribution in [-0.2, 0) is 0 Å². The number of unbranched alkanes of at least 4 members (excludes halogenated alkanes) is 2. The summed E-state index contributed by atoms with van der Waals surface area (Å²) in [6.45, 7) is 2.02. The minimum absolute atomic E-state index is 0.240. The van der Waals surface area contributed by atoms with Gasteiger partial charge in [0.05, 0.1) is 0 Å². The largest absolute Gasteiger partial charge is 0.294 e. The van der Waals surface area contributed by atoms with E-state index in [1.807, 2.05) is 31.2 Å². The summed E-state index contributed by atoms with van der Waals surface area (Å²) in [7, 11) is 0. The van der Waals surface area contributed by atoms with Crippen molar-refractivity contribution in [1.82, 2.24) is 0 Å². The molecule has 15 heavy (non-hydrogen) atoms. The molecule has 0 spiro atoms. The number of alkyl halides is 1. The molecule has 0 aliphatic heterocycles. The number of carbonyl (C=O) groups excluding carboxylic acids is 1. The lowest BCUT2D eigenvalue weighted by molar-refractivity contribution is 0.0979. The van der Waals surface area contributed by atoms with E-state index in [0.717, 1.165) is 24.8 Å². The van der Waals surface area contributed by atoms with Crippen molar-refractivity contribution in [1.29, 1.82) is 0 Å². The molecule has 0 aromatic heterocycles. The molecule has 1 aromatic rings. The summed E-state index contributed by atoms with van der Waals surface area (Å²) in [4.78, 5) is 11.7. The zero-order chi connectivity index (χ0) is 11.1. The molecule has 0 bridgehead atoms. The van der Waals surface area contributed by atoms with Crippen molar-refractivity contribution >= 4 is 17.4 Å². The first-order valence-corrected chi connectivity index (χ1v) is 5.93. The van der Waals surface area contributed by atoms with Gasteiger partial charge in [-0.3, -0.25) is 4.79 Å². The number of halogens is 1. The Labute approximate surface area is 96.5 Å². The standard InChI is InChI=1S/C13H17ClO/c1-11-6-8-12(9-7-11)13(15)5-3-2-4-10-14/h6-9H,2-5,10H2,1H3. The Morgan fingerprint density at radius 1 is 1.13 bits per heavy atom. The summed E-state index contributed by atoms with van der Waals surface area (Å²) >= 11 is 5.57. The van der Waals surface area contributed by atoms with Crippen LogP contribution in [0.2, 0.25) is 0 Å². The maximum absolute atomic E-state index is 11.7. The number of hydrogen-bond donors (Lipinski definition) is 0. The van der Waals surface area contributed by atoms with Gasteiger partial charge < -0.3 is 0 Å². The Morgan fingerprint density at radius 3 is 2.40 bits per heavy atom. The smallest absolute Gasteiger partial charge is 0.162 e. The lowest BCUT2D eigenvalue weighted by atomic mass is 10.0. The predicted molar refractivity (Wildman–Crippen MR) is 64.7 cm³/mol. The van der Waals surface area contributed by atoms with Crippen LogP contribution in [0.15, 0.2) is 24.3 Å². The monoisotopic (exact) mass is 224 g/mol. The molecule has 82 valence electrons. The summed E-state index contributed by atoms with van der Waals surface area (Å²) in [6, 6.07) is 7.76. The number of hydrogen-bond acceptors (Lipinski definition) is 1. The van der Waals surface area contributed by atoms with Crippen molar-refractivity contribution < 1.29 is 4.79 Å². The molecule has 0 N–H and O–H groups in total. The molecule has 0 atom stereocenters. The second-order valence-corrected chi connectivity index (χ2v) is 4.17. The quantitative estimate of drug-likeness (QED) is 0.406. The minimum Gasteiger partial charge on any atom is -0.294 e. The van der Waals surface area contributed by atoms with Crippen LogP contribution in [0.25, 0.3) is 0 Å². The molecule has 1 nitrogen and oxygen atoms in total. The molecule has 0 aliphatic rings. The Hall–Kier alpha value is -0.820. The van der Waals surface area contributed by atoms with Crippen molar-refractivity contribution in [3.63, 3.8) is 0 Å². The second kappa shape index (κ2) is 6.62. The number of aryl methyl sites for hydroxylation is 1. The lowest BCUT2D eigenvalue weighted by Gasteiger charge is -2.01. The molecule has 0 aliphatic carbocycles. The van der Waals surface area contributed by atoms with Gasteiger partial charge in [0, 0.05) is 17.9 Å². The second-order valence-electron chi connectivity index (χ2n) is 3.79. The number of Topliss-reactive ketones (excluding diaryl/α,β-unsaturated/α-hetero) is 1. The maximum Gasteiger partial charge on any atom is 0.162 e. The SMILES string of the molecule is Cc1ccc(C(=O)CCCCCCl)cc1. The zero-order valence-electron chi connectivity index (χ0n) is 9.13. The Balaban J connectivity index is 2.37. The average Bonchev–Trinajstić information content (AvgIpc) is 2.25. The van der Waals surface area contributed by atoms with E-state index in [-0.39, 0.29) is 5.78 Å². The van der Waals surface area contributed by atoms with Crippen LogP contribution >= 0.6 is 11.6 Å². The van der Waals surface area contributed by atoms with Crippen molar-refractivity contribution in [3.05, 3.63) is 35.4 Å². The first-order valence-electron chi connectivity index (χ1n) is 5.40. The molecule has 0 fully saturated rings. The highest BCUT2D eigenvalue weighted by Crippen LogP contribution is 2.09. The lowest BCUT2D eigenvalue weighted by Crippen LogP contribution is -1.98. The van der Waals surface area contributed by atoms with E-state index in [9.17, 15) is 4.79 Å². The van der Waals surface area contributed by atoms with Gasteiger partial charge in [-0.05, 0) is 19.8 Å². The van der Waals surface area contributed by atoms with Crippen LogP contribution in [0.5, 0.6) is 0 Å². The van der Waals surface area contributed by atoms with Crippen molar-refractivity contribution in [2.24, 2.45) is 0 Å². The van der Waals surface area contributed by atoms with Gasteiger partial charge in [-0.15, -0.1) is 11.6 Å². The first-order chi connectivity index (χ1) is 7.24. The van der Waals surface area contributed by atoms with Crippen LogP contribution in [0.4, 0.5) is 0 Å². The van der Waals surface area contributed by atoms with E-state index in [4.69, 9.17) is 11.6 Å². The first kappa shape index (κ1) is 12.3. The van der Waals surface area contributed by atoms with Crippen molar-refractivity contribution in [2.75, 3.05) is 5.88 Å². The number of carbonyl (C=O) groups is 1. The number of ketones is 1. The molecule has 0 heterocycles. The maximum atomic E-state index is 11.7.